The average Bonchev–Trinajstić information content (AvgIpc) is 2.92. The lowest BCUT2D eigenvalue weighted by Gasteiger charge is -2.19. The molecule has 0 radical (unpaired) electrons. The van der Waals surface area contributed by atoms with E-state index in [1.54, 1.807) is 24.3 Å². The van der Waals surface area contributed by atoms with Gasteiger partial charge < -0.3 is 21.1 Å². The van der Waals surface area contributed by atoms with Gasteiger partial charge in [-0.25, -0.2) is 5.48 Å². The first-order valence-corrected chi connectivity index (χ1v) is 12.0. The predicted molar refractivity (Wildman–Crippen MR) is 141 cm³/mol. The number of anilines is 1. The highest BCUT2D eigenvalue weighted by Crippen LogP contribution is 2.22. The van der Waals surface area contributed by atoms with Gasteiger partial charge in [0, 0.05) is 11.3 Å². The van der Waals surface area contributed by atoms with Gasteiger partial charge in [-0.2, -0.15) is 0 Å². The molecule has 0 aromatic heterocycles. The summed E-state index contributed by atoms with van der Waals surface area (Å²) in [7, 11) is 0. The molecule has 0 aliphatic carbocycles. The summed E-state index contributed by atoms with van der Waals surface area (Å²) in [6, 6.07) is 23.0. The van der Waals surface area contributed by atoms with Gasteiger partial charge in [-0.1, -0.05) is 54.6 Å². The summed E-state index contributed by atoms with van der Waals surface area (Å²) in [6.07, 6.45) is 0.724. The molecule has 3 rings (SSSR count). The van der Waals surface area contributed by atoms with Crippen LogP contribution in [-0.2, 0) is 16.0 Å². The van der Waals surface area contributed by atoms with Crippen molar-refractivity contribution in [1.29, 1.82) is 0 Å². The minimum absolute atomic E-state index is 0.117. The largest absolute Gasteiger partial charge is 0.391 e. The van der Waals surface area contributed by atoms with Gasteiger partial charge in [0.25, 0.3) is 11.8 Å². The number of aryl methyl sites for hydroxylation is 1. The minimum Gasteiger partial charge on any atom is -0.391 e. The zero-order valence-corrected chi connectivity index (χ0v) is 20.6. The molecule has 3 aromatic carbocycles. The molecule has 3 aromatic rings. The molecule has 9 nitrogen and oxygen atoms in total. The van der Waals surface area contributed by atoms with Crippen LogP contribution in [0.5, 0.6) is 0 Å². The zero-order chi connectivity index (χ0) is 26.6. The van der Waals surface area contributed by atoms with Crippen LogP contribution in [0.3, 0.4) is 0 Å². The Balaban J connectivity index is 1.46. The van der Waals surface area contributed by atoms with Crippen LogP contribution in [0.1, 0.15) is 29.3 Å². The Morgan fingerprint density at radius 3 is 2.08 bits per heavy atom. The fourth-order valence-corrected chi connectivity index (χ4v) is 3.73. The van der Waals surface area contributed by atoms with Crippen LogP contribution in [0.2, 0.25) is 0 Å². The van der Waals surface area contributed by atoms with E-state index in [4.69, 9.17) is 5.21 Å². The molecule has 3 amide bonds. The number of carbonyl (C=O) groups is 3. The monoisotopic (exact) mass is 504 g/mol. The molecule has 0 saturated heterocycles. The van der Waals surface area contributed by atoms with Gasteiger partial charge in [0.2, 0.25) is 5.91 Å². The van der Waals surface area contributed by atoms with Crippen molar-refractivity contribution in [1.82, 2.24) is 16.1 Å². The molecule has 194 valence electrons. The molecule has 0 aliphatic rings. The summed E-state index contributed by atoms with van der Waals surface area (Å²) in [5.74, 6) is -1.59. The number of rotatable bonds is 12. The van der Waals surface area contributed by atoms with E-state index in [1.165, 1.54) is 18.0 Å². The maximum Gasteiger partial charge on any atom is 0.268 e. The van der Waals surface area contributed by atoms with Crippen LogP contribution in [0.25, 0.3) is 11.1 Å². The Morgan fingerprint density at radius 1 is 0.865 bits per heavy atom. The van der Waals surface area contributed by atoms with E-state index in [2.05, 4.69) is 28.1 Å². The highest BCUT2D eigenvalue weighted by atomic mass is 16.5. The topological polar surface area (TPSA) is 140 Å². The number of aliphatic hydroxyl groups excluding tert-OH is 1. The van der Waals surface area contributed by atoms with Crippen molar-refractivity contribution in [2.24, 2.45) is 0 Å². The smallest absolute Gasteiger partial charge is 0.268 e. The first kappa shape index (κ1) is 27.5. The van der Waals surface area contributed by atoms with Crippen molar-refractivity contribution < 1.29 is 24.7 Å². The standard InChI is InChI=1S/C28H32N4O5/c1-19(33)26(28(36)32-37)31-27(35)23-11-9-21(10-12-23)22-13-15-24(16-14-22)30-25(34)18-29-17-5-8-20-6-3-2-4-7-20/h2-4,6-7,9-16,19,26,29,33,37H,5,8,17-18H2,1H3,(H,30,34)(H,31,35)(H,32,36)/t19-,26+/m1/s1. The number of nitrogens with one attached hydrogen (secondary N) is 4. The predicted octanol–water partition coefficient (Wildman–Crippen LogP) is 2.50. The normalized spacial score (nSPS) is 12.3. The Hall–Kier alpha value is -4.05. The fraction of sp³-hybridized carbons (Fsp3) is 0.250. The van der Waals surface area contributed by atoms with Crippen molar-refractivity contribution in [3.05, 3.63) is 90.0 Å². The third-order valence-corrected chi connectivity index (χ3v) is 5.76. The van der Waals surface area contributed by atoms with Crippen LogP contribution in [0, 0.1) is 0 Å². The van der Waals surface area contributed by atoms with E-state index < -0.39 is 24.0 Å². The Kier molecular flexibility index (Phi) is 10.3. The quantitative estimate of drug-likeness (QED) is 0.127. The Labute approximate surface area is 215 Å². The lowest BCUT2D eigenvalue weighted by molar-refractivity contribution is -0.133. The van der Waals surface area contributed by atoms with Crippen molar-refractivity contribution >= 4 is 23.4 Å². The lowest BCUT2D eigenvalue weighted by atomic mass is 10.0. The van der Waals surface area contributed by atoms with Gasteiger partial charge >= 0.3 is 0 Å². The van der Waals surface area contributed by atoms with Crippen LogP contribution < -0.4 is 21.4 Å². The Bertz CT molecular complexity index is 1170. The number of amides is 3. The van der Waals surface area contributed by atoms with Crippen molar-refractivity contribution in [2.45, 2.75) is 31.9 Å². The van der Waals surface area contributed by atoms with E-state index in [1.807, 2.05) is 42.5 Å². The van der Waals surface area contributed by atoms with E-state index in [9.17, 15) is 19.5 Å². The summed E-state index contributed by atoms with van der Waals surface area (Å²) in [5.41, 5.74) is 5.43. The van der Waals surface area contributed by atoms with Gasteiger partial charge in [0.05, 0.1) is 12.6 Å². The summed E-state index contributed by atoms with van der Waals surface area (Å²) in [6.45, 7) is 2.32. The van der Waals surface area contributed by atoms with Gasteiger partial charge in [0.1, 0.15) is 6.04 Å². The van der Waals surface area contributed by atoms with Crippen LogP contribution in [0.4, 0.5) is 5.69 Å². The van der Waals surface area contributed by atoms with Crippen LogP contribution in [-0.4, -0.2) is 53.3 Å². The van der Waals surface area contributed by atoms with Crippen LogP contribution >= 0.6 is 0 Å². The summed E-state index contributed by atoms with van der Waals surface area (Å²) < 4.78 is 0. The SMILES string of the molecule is C[C@@H](O)[C@H](NC(=O)c1ccc(-c2ccc(NC(=O)CNCCCc3ccccc3)cc2)cc1)C(=O)NO. The zero-order valence-electron chi connectivity index (χ0n) is 20.6. The second-order valence-electron chi connectivity index (χ2n) is 8.64. The fourth-order valence-electron chi connectivity index (χ4n) is 3.73. The third kappa shape index (κ3) is 8.53. The van der Waals surface area contributed by atoms with E-state index in [0.29, 0.717) is 11.3 Å². The maximum absolute atomic E-state index is 12.4. The molecule has 0 unspecified atom stereocenters. The average molecular weight is 505 g/mol. The molecule has 0 heterocycles. The van der Waals surface area contributed by atoms with Crippen molar-refractivity contribution in [3.63, 3.8) is 0 Å². The molecule has 0 saturated carbocycles. The molecule has 2 atom stereocenters. The summed E-state index contributed by atoms with van der Waals surface area (Å²) >= 11 is 0. The second-order valence-corrected chi connectivity index (χ2v) is 8.64. The number of aliphatic hydroxyl groups is 1. The molecule has 0 spiro atoms. The molecule has 0 aliphatic heterocycles. The molecule has 6 N–H and O–H groups in total. The van der Waals surface area contributed by atoms with E-state index in [-0.39, 0.29) is 12.5 Å². The Morgan fingerprint density at radius 2 is 1.49 bits per heavy atom. The maximum atomic E-state index is 12.4. The van der Waals surface area contributed by atoms with Gasteiger partial charge in [0.15, 0.2) is 0 Å². The number of hydrogen-bond acceptors (Lipinski definition) is 6. The number of hydrogen-bond donors (Lipinski definition) is 6. The van der Waals surface area contributed by atoms with Crippen molar-refractivity contribution in [2.75, 3.05) is 18.4 Å². The first-order valence-electron chi connectivity index (χ1n) is 12.0. The van der Waals surface area contributed by atoms with Gasteiger partial charge in [-0.15, -0.1) is 0 Å². The van der Waals surface area contributed by atoms with Gasteiger partial charge in [-0.05, 0) is 67.3 Å². The van der Waals surface area contributed by atoms with E-state index in [0.717, 1.165) is 30.5 Å². The molecule has 0 fully saturated rings. The van der Waals surface area contributed by atoms with Crippen LogP contribution in [0.15, 0.2) is 78.9 Å². The number of hydroxylamine groups is 1. The molecular formula is C28H32N4O5. The molecule has 37 heavy (non-hydrogen) atoms. The highest BCUT2D eigenvalue weighted by molar-refractivity contribution is 5.98. The molecule has 9 heteroatoms. The number of benzene rings is 3. The van der Waals surface area contributed by atoms with E-state index >= 15 is 0 Å². The minimum atomic E-state index is -1.29. The highest BCUT2D eigenvalue weighted by Gasteiger charge is 2.25. The van der Waals surface area contributed by atoms with Crippen molar-refractivity contribution in [3.8, 4) is 11.1 Å². The number of carbonyl (C=O) groups excluding carboxylic acids is 3. The second kappa shape index (κ2) is 13.9. The molecule has 0 bridgehead atoms. The lowest BCUT2D eigenvalue weighted by Crippen LogP contribution is -2.51. The molecular weight excluding hydrogens is 472 g/mol. The van der Waals surface area contributed by atoms with Gasteiger partial charge in [-0.3, -0.25) is 19.6 Å². The third-order valence-electron chi connectivity index (χ3n) is 5.76. The summed E-state index contributed by atoms with van der Waals surface area (Å²) in [4.78, 5) is 36.3. The first-order chi connectivity index (χ1) is 17.9. The summed E-state index contributed by atoms with van der Waals surface area (Å²) in [5, 5.41) is 26.9.